The first-order valence-electron chi connectivity index (χ1n) is 5.18. The Hall–Kier alpha value is -1.12. The van der Waals surface area contributed by atoms with E-state index in [0.717, 1.165) is 0 Å². The van der Waals surface area contributed by atoms with Gasteiger partial charge in [-0.15, -0.1) is 0 Å². The fourth-order valence-corrected chi connectivity index (χ4v) is 1.64. The topological polar surface area (TPSA) is 47.3 Å². The molecule has 0 saturated carbocycles. The smallest absolute Gasteiger partial charge is 0.184 e. The van der Waals surface area contributed by atoms with Crippen molar-refractivity contribution in [2.75, 3.05) is 11.4 Å². The Morgan fingerprint density at radius 2 is 2.18 bits per heavy atom. The highest BCUT2D eigenvalue weighted by molar-refractivity contribution is 9.10. The molecule has 0 aliphatic rings. The van der Waals surface area contributed by atoms with E-state index < -0.39 is 5.60 Å². The third-order valence-corrected chi connectivity index (χ3v) is 2.89. The first-order valence-corrected chi connectivity index (χ1v) is 5.97. The molecule has 1 rings (SSSR count). The van der Waals surface area contributed by atoms with Gasteiger partial charge in [0.05, 0.1) is 15.8 Å². The van der Waals surface area contributed by atoms with Crippen LogP contribution in [0.4, 0.5) is 10.1 Å². The molecule has 5 heteroatoms. The lowest BCUT2D eigenvalue weighted by atomic mass is 10.1. The number of nitrogens with zero attached hydrogens (tertiary/aromatic N) is 2. The van der Waals surface area contributed by atoms with Crippen molar-refractivity contribution >= 4 is 21.6 Å². The van der Waals surface area contributed by atoms with Gasteiger partial charge >= 0.3 is 0 Å². The Bertz CT molecular complexity index is 437. The highest BCUT2D eigenvalue weighted by Gasteiger charge is 2.16. The average Bonchev–Trinajstić information content (AvgIpc) is 2.22. The van der Waals surface area contributed by atoms with E-state index in [1.807, 2.05) is 6.19 Å². The second kappa shape index (κ2) is 5.48. The van der Waals surface area contributed by atoms with E-state index in [1.54, 1.807) is 19.9 Å². The summed E-state index contributed by atoms with van der Waals surface area (Å²) in [6, 6.07) is 4.38. The molecule has 0 heterocycles. The van der Waals surface area contributed by atoms with Crippen LogP contribution in [0.25, 0.3) is 0 Å². The predicted molar refractivity (Wildman–Crippen MR) is 68.0 cm³/mol. The molecule has 0 saturated heterocycles. The molecule has 1 aromatic rings. The number of halogens is 2. The summed E-state index contributed by atoms with van der Waals surface area (Å²) in [5.74, 6) is -0.367. The molecule has 0 aliphatic carbocycles. The zero-order chi connectivity index (χ0) is 13.1. The summed E-state index contributed by atoms with van der Waals surface area (Å²) in [5, 5.41) is 18.6. The fraction of sp³-hybridized carbons (Fsp3) is 0.417. The van der Waals surface area contributed by atoms with Crippen LogP contribution in [-0.4, -0.2) is 17.3 Å². The number of hydrogen-bond donors (Lipinski definition) is 1. The average molecular weight is 301 g/mol. The Labute approximate surface area is 109 Å². The van der Waals surface area contributed by atoms with Crippen LogP contribution in [0.15, 0.2) is 22.7 Å². The van der Waals surface area contributed by atoms with E-state index >= 15 is 0 Å². The van der Waals surface area contributed by atoms with Gasteiger partial charge in [0.2, 0.25) is 0 Å². The molecule has 0 amide bonds. The van der Waals surface area contributed by atoms with Crippen molar-refractivity contribution in [2.24, 2.45) is 0 Å². The molecular formula is C12H14BrFN2O. The zero-order valence-corrected chi connectivity index (χ0v) is 11.3. The van der Waals surface area contributed by atoms with E-state index in [9.17, 15) is 9.50 Å². The van der Waals surface area contributed by atoms with Crippen LogP contribution in [0.5, 0.6) is 0 Å². The minimum atomic E-state index is -0.827. The van der Waals surface area contributed by atoms with E-state index in [2.05, 4.69) is 15.9 Å². The number of benzene rings is 1. The number of anilines is 1. The number of rotatable bonds is 4. The van der Waals surface area contributed by atoms with E-state index in [1.165, 1.54) is 17.0 Å². The van der Waals surface area contributed by atoms with Crippen LogP contribution >= 0.6 is 15.9 Å². The zero-order valence-electron chi connectivity index (χ0n) is 9.74. The molecule has 1 aromatic carbocycles. The summed E-state index contributed by atoms with van der Waals surface area (Å²) in [6.07, 6.45) is 2.47. The molecule has 17 heavy (non-hydrogen) atoms. The van der Waals surface area contributed by atoms with Crippen molar-refractivity contribution in [2.45, 2.75) is 25.9 Å². The molecule has 0 radical (unpaired) electrons. The van der Waals surface area contributed by atoms with Crippen molar-refractivity contribution in [1.82, 2.24) is 0 Å². The van der Waals surface area contributed by atoms with Crippen molar-refractivity contribution in [1.29, 1.82) is 5.26 Å². The van der Waals surface area contributed by atoms with Crippen LogP contribution in [0, 0.1) is 17.3 Å². The van der Waals surface area contributed by atoms with Gasteiger partial charge in [0, 0.05) is 6.54 Å². The normalized spacial score (nSPS) is 11.1. The standard InChI is InChI=1S/C12H14BrFN2O/c1-12(2,17)5-6-16(8-15)9-3-4-11(14)10(13)7-9/h3-4,7,17H,5-6H2,1-2H3. The molecule has 0 aliphatic heterocycles. The summed E-state index contributed by atoms with van der Waals surface area (Å²) in [6.45, 7) is 3.75. The van der Waals surface area contributed by atoms with Crippen LogP contribution in [0.1, 0.15) is 20.3 Å². The minimum Gasteiger partial charge on any atom is -0.390 e. The summed E-state index contributed by atoms with van der Waals surface area (Å²) >= 11 is 3.07. The molecule has 0 unspecified atom stereocenters. The van der Waals surface area contributed by atoms with Crippen molar-refractivity contribution < 1.29 is 9.50 Å². The van der Waals surface area contributed by atoms with Gasteiger partial charge in [-0.05, 0) is 54.4 Å². The van der Waals surface area contributed by atoms with Gasteiger partial charge in [-0.2, -0.15) is 5.26 Å². The maximum Gasteiger partial charge on any atom is 0.184 e. The van der Waals surface area contributed by atoms with Crippen LogP contribution in [0.3, 0.4) is 0 Å². The third-order valence-electron chi connectivity index (χ3n) is 2.28. The molecular weight excluding hydrogens is 287 g/mol. The number of nitriles is 1. The van der Waals surface area contributed by atoms with Gasteiger partial charge in [-0.1, -0.05) is 0 Å². The van der Waals surface area contributed by atoms with Gasteiger partial charge in [-0.25, -0.2) is 4.39 Å². The summed E-state index contributed by atoms with van der Waals surface area (Å²) in [4.78, 5) is 1.42. The van der Waals surface area contributed by atoms with E-state index in [-0.39, 0.29) is 5.82 Å². The molecule has 0 bridgehead atoms. The van der Waals surface area contributed by atoms with Crippen molar-refractivity contribution in [3.8, 4) is 6.19 Å². The predicted octanol–water partition coefficient (Wildman–Crippen LogP) is 3.04. The monoisotopic (exact) mass is 300 g/mol. The molecule has 0 spiro atoms. The number of hydrogen-bond acceptors (Lipinski definition) is 3. The summed E-state index contributed by atoms with van der Waals surface area (Å²) in [7, 11) is 0. The lowest BCUT2D eigenvalue weighted by Gasteiger charge is -2.22. The molecule has 0 aromatic heterocycles. The van der Waals surface area contributed by atoms with Gasteiger partial charge in [0.15, 0.2) is 6.19 Å². The van der Waals surface area contributed by atoms with Gasteiger partial charge in [0.1, 0.15) is 5.82 Å². The third kappa shape index (κ3) is 4.33. The SMILES string of the molecule is CC(C)(O)CCN(C#N)c1ccc(F)c(Br)c1. The second-order valence-corrected chi connectivity index (χ2v) is 5.27. The van der Waals surface area contributed by atoms with Gasteiger partial charge in [0.25, 0.3) is 0 Å². The van der Waals surface area contributed by atoms with E-state index in [4.69, 9.17) is 5.26 Å². The summed E-state index contributed by atoms with van der Waals surface area (Å²) in [5.41, 5.74) is -0.225. The second-order valence-electron chi connectivity index (χ2n) is 4.41. The first kappa shape index (κ1) is 13.9. The Balaban J connectivity index is 2.81. The Morgan fingerprint density at radius 1 is 1.53 bits per heavy atom. The molecule has 92 valence electrons. The lowest BCUT2D eigenvalue weighted by molar-refractivity contribution is 0.0737. The van der Waals surface area contributed by atoms with Crippen molar-refractivity contribution in [3.05, 3.63) is 28.5 Å². The highest BCUT2D eigenvalue weighted by Crippen LogP contribution is 2.23. The first-order chi connectivity index (χ1) is 7.83. The van der Waals surface area contributed by atoms with E-state index in [0.29, 0.717) is 23.1 Å². The maximum atomic E-state index is 13.1. The molecule has 0 atom stereocenters. The Morgan fingerprint density at radius 3 is 2.65 bits per heavy atom. The fourth-order valence-electron chi connectivity index (χ4n) is 1.28. The minimum absolute atomic E-state index is 0.318. The van der Waals surface area contributed by atoms with Gasteiger partial charge < -0.3 is 5.11 Å². The molecule has 3 nitrogen and oxygen atoms in total. The largest absolute Gasteiger partial charge is 0.390 e. The number of aliphatic hydroxyl groups is 1. The van der Waals surface area contributed by atoms with Crippen LogP contribution in [0.2, 0.25) is 0 Å². The van der Waals surface area contributed by atoms with Crippen LogP contribution < -0.4 is 4.90 Å². The van der Waals surface area contributed by atoms with Gasteiger partial charge in [-0.3, -0.25) is 4.90 Å². The molecule has 0 fully saturated rings. The quantitative estimate of drug-likeness (QED) is 0.687. The highest BCUT2D eigenvalue weighted by atomic mass is 79.9. The molecule has 1 N–H and O–H groups in total. The summed E-state index contributed by atoms with van der Waals surface area (Å²) < 4.78 is 13.4. The van der Waals surface area contributed by atoms with Crippen molar-refractivity contribution in [3.63, 3.8) is 0 Å². The maximum absolute atomic E-state index is 13.1. The Kier molecular flexibility index (Phi) is 4.49. The van der Waals surface area contributed by atoms with Crippen LogP contribution in [-0.2, 0) is 0 Å². The lowest BCUT2D eigenvalue weighted by Crippen LogP contribution is -2.27.